The van der Waals surface area contributed by atoms with Gasteiger partial charge in [-0.15, -0.1) is 10.2 Å². The van der Waals surface area contributed by atoms with Crippen LogP contribution >= 0.6 is 15.9 Å². The highest BCUT2D eigenvalue weighted by Crippen LogP contribution is 2.16. The molecule has 5 heteroatoms. The lowest BCUT2D eigenvalue weighted by molar-refractivity contribution is 0.102. The second-order valence-corrected chi connectivity index (χ2v) is 5.17. The molecule has 1 amide bonds. The maximum atomic E-state index is 12.1. The molecular formula is C15H10BrN3O. The minimum absolute atomic E-state index is 0.212. The van der Waals surface area contributed by atoms with E-state index in [1.807, 2.05) is 36.4 Å². The van der Waals surface area contributed by atoms with E-state index in [0.717, 1.165) is 15.4 Å². The van der Waals surface area contributed by atoms with Crippen molar-refractivity contribution in [2.24, 2.45) is 0 Å². The van der Waals surface area contributed by atoms with Crippen LogP contribution in [0.3, 0.4) is 0 Å². The number of rotatable bonds is 2. The van der Waals surface area contributed by atoms with Gasteiger partial charge in [0, 0.05) is 15.4 Å². The Kier molecular flexibility index (Phi) is 3.43. The molecule has 0 aliphatic carbocycles. The highest BCUT2D eigenvalue weighted by atomic mass is 79.9. The molecule has 0 saturated carbocycles. The lowest BCUT2D eigenvalue weighted by Crippen LogP contribution is -2.13. The minimum Gasteiger partial charge on any atom is -0.305 e. The molecule has 0 fully saturated rings. The maximum Gasteiger partial charge on any atom is 0.256 e. The van der Waals surface area contributed by atoms with Crippen LogP contribution in [0, 0.1) is 0 Å². The quantitative estimate of drug-likeness (QED) is 0.781. The number of halogens is 1. The molecule has 2 aromatic carbocycles. The third-order valence-electron chi connectivity index (χ3n) is 2.82. The average molecular weight is 328 g/mol. The molecule has 1 aromatic heterocycles. The molecule has 0 saturated heterocycles. The van der Waals surface area contributed by atoms with Crippen LogP contribution in [0.1, 0.15) is 10.4 Å². The van der Waals surface area contributed by atoms with Crippen LogP contribution in [0.2, 0.25) is 0 Å². The van der Waals surface area contributed by atoms with Crippen molar-refractivity contribution in [2.75, 3.05) is 5.32 Å². The second-order valence-electron chi connectivity index (χ2n) is 4.25. The first-order valence-electron chi connectivity index (χ1n) is 6.02. The molecule has 0 spiro atoms. The van der Waals surface area contributed by atoms with E-state index in [-0.39, 0.29) is 5.91 Å². The van der Waals surface area contributed by atoms with Crippen molar-refractivity contribution in [1.82, 2.24) is 10.2 Å². The molecule has 1 N–H and O–H groups in total. The number of benzene rings is 2. The third kappa shape index (κ3) is 2.67. The zero-order valence-corrected chi connectivity index (χ0v) is 12.0. The van der Waals surface area contributed by atoms with Gasteiger partial charge < -0.3 is 5.32 Å². The number of anilines is 1. The number of hydrogen-bond acceptors (Lipinski definition) is 3. The fraction of sp³-hybridized carbons (Fsp3) is 0. The maximum absolute atomic E-state index is 12.1. The first kappa shape index (κ1) is 12.7. The summed E-state index contributed by atoms with van der Waals surface area (Å²) in [7, 11) is 0. The van der Waals surface area contributed by atoms with Crippen LogP contribution < -0.4 is 5.32 Å². The van der Waals surface area contributed by atoms with Crippen LogP contribution in [-0.4, -0.2) is 16.1 Å². The zero-order chi connectivity index (χ0) is 13.9. The molecule has 0 bridgehead atoms. The fourth-order valence-corrected chi connectivity index (χ4v) is 2.26. The molecule has 0 aliphatic rings. The van der Waals surface area contributed by atoms with Gasteiger partial charge in [-0.05, 0) is 30.3 Å². The Morgan fingerprint density at radius 2 is 1.85 bits per heavy atom. The smallest absolute Gasteiger partial charge is 0.256 e. The summed E-state index contributed by atoms with van der Waals surface area (Å²) in [6.07, 6.45) is 0. The molecule has 0 aliphatic heterocycles. The van der Waals surface area contributed by atoms with E-state index in [4.69, 9.17) is 0 Å². The number of nitrogens with zero attached hydrogens (tertiary/aromatic N) is 2. The molecule has 0 radical (unpaired) electrons. The van der Waals surface area contributed by atoms with Gasteiger partial charge in [0.15, 0.2) is 5.82 Å². The molecule has 98 valence electrons. The molecule has 20 heavy (non-hydrogen) atoms. The zero-order valence-electron chi connectivity index (χ0n) is 10.4. The SMILES string of the molecule is O=C(Nc1cc2ccccc2nn1)c1cccc(Br)c1. The van der Waals surface area contributed by atoms with Gasteiger partial charge in [0.2, 0.25) is 0 Å². The Hall–Kier alpha value is -2.27. The summed E-state index contributed by atoms with van der Waals surface area (Å²) in [6, 6.07) is 16.6. The lowest BCUT2D eigenvalue weighted by Gasteiger charge is -2.05. The van der Waals surface area contributed by atoms with Gasteiger partial charge >= 0.3 is 0 Å². The highest BCUT2D eigenvalue weighted by molar-refractivity contribution is 9.10. The average Bonchev–Trinajstić information content (AvgIpc) is 2.47. The van der Waals surface area contributed by atoms with Crippen molar-refractivity contribution in [3.8, 4) is 0 Å². The number of carbonyl (C=O) groups is 1. The minimum atomic E-state index is -0.212. The summed E-state index contributed by atoms with van der Waals surface area (Å²) >= 11 is 3.34. The Labute approximate surface area is 124 Å². The van der Waals surface area contributed by atoms with Crippen molar-refractivity contribution < 1.29 is 4.79 Å². The van der Waals surface area contributed by atoms with Crippen molar-refractivity contribution in [3.05, 3.63) is 64.6 Å². The number of carbonyl (C=O) groups excluding carboxylic acids is 1. The van der Waals surface area contributed by atoms with Gasteiger partial charge in [-0.2, -0.15) is 0 Å². The Balaban J connectivity index is 1.87. The Morgan fingerprint density at radius 3 is 2.70 bits per heavy atom. The molecular weight excluding hydrogens is 318 g/mol. The second kappa shape index (κ2) is 5.38. The number of amides is 1. The molecule has 3 rings (SSSR count). The Morgan fingerprint density at radius 1 is 1.00 bits per heavy atom. The number of hydrogen-bond donors (Lipinski definition) is 1. The number of fused-ring (bicyclic) bond motifs is 1. The van der Waals surface area contributed by atoms with E-state index in [1.54, 1.807) is 18.2 Å². The van der Waals surface area contributed by atoms with Crippen molar-refractivity contribution in [1.29, 1.82) is 0 Å². The van der Waals surface area contributed by atoms with Gasteiger partial charge in [-0.3, -0.25) is 4.79 Å². The van der Waals surface area contributed by atoms with Crippen LogP contribution in [0.4, 0.5) is 5.82 Å². The number of aromatic nitrogens is 2. The van der Waals surface area contributed by atoms with Gasteiger partial charge in [0.05, 0.1) is 5.52 Å². The molecule has 4 nitrogen and oxygen atoms in total. The summed E-state index contributed by atoms with van der Waals surface area (Å²) in [4.78, 5) is 12.1. The van der Waals surface area contributed by atoms with E-state index in [1.165, 1.54) is 0 Å². The van der Waals surface area contributed by atoms with E-state index < -0.39 is 0 Å². The van der Waals surface area contributed by atoms with Gasteiger partial charge in [-0.1, -0.05) is 40.2 Å². The summed E-state index contributed by atoms with van der Waals surface area (Å²) in [5.74, 6) is 0.226. The monoisotopic (exact) mass is 327 g/mol. The highest BCUT2D eigenvalue weighted by Gasteiger charge is 2.08. The number of nitrogens with one attached hydrogen (secondary N) is 1. The van der Waals surface area contributed by atoms with Crippen LogP contribution in [-0.2, 0) is 0 Å². The first-order chi connectivity index (χ1) is 9.72. The first-order valence-corrected chi connectivity index (χ1v) is 6.81. The third-order valence-corrected chi connectivity index (χ3v) is 3.32. The van der Waals surface area contributed by atoms with E-state index in [9.17, 15) is 4.79 Å². The summed E-state index contributed by atoms with van der Waals surface area (Å²) in [5, 5.41) is 11.8. The molecule has 1 heterocycles. The lowest BCUT2D eigenvalue weighted by atomic mass is 10.2. The standard InChI is InChI=1S/C15H10BrN3O/c16-12-6-3-5-11(8-12)15(20)17-14-9-10-4-1-2-7-13(10)18-19-14/h1-9H,(H,17,19,20). The van der Waals surface area contributed by atoms with E-state index >= 15 is 0 Å². The summed E-state index contributed by atoms with van der Waals surface area (Å²) < 4.78 is 0.856. The predicted octanol–water partition coefficient (Wildman–Crippen LogP) is 3.64. The van der Waals surface area contributed by atoms with Crippen molar-refractivity contribution >= 4 is 38.6 Å². The van der Waals surface area contributed by atoms with Gasteiger partial charge in [-0.25, -0.2) is 0 Å². The fourth-order valence-electron chi connectivity index (χ4n) is 1.86. The van der Waals surface area contributed by atoms with Crippen molar-refractivity contribution in [3.63, 3.8) is 0 Å². The predicted molar refractivity (Wildman–Crippen MR) is 81.6 cm³/mol. The Bertz CT molecular complexity index is 789. The topological polar surface area (TPSA) is 54.9 Å². The van der Waals surface area contributed by atoms with Crippen molar-refractivity contribution in [2.45, 2.75) is 0 Å². The molecule has 3 aromatic rings. The van der Waals surface area contributed by atoms with Crippen LogP contribution in [0.5, 0.6) is 0 Å². The van der Waals surface area contributed by atoms with Gasteiger partial charge in [0.25, 0.3) is 5.91 Å². The summed E-state index contributed by atoms with van der Waals surface area (Å²) in [5.41, 5.74) is 1.36. The molecule has 0 atom stereocenters. The van der Waals surface area contributed by atoms with Crippen LogP contribution in [0.25, 0.3) is 10.9 Å². The normalized spacial score (nSPS) is 10.4. The summed E-state index contributed by atoms with van der Waals surface area (Å²) in [6.45, 7) is 0. The van der Waals surface area contributed by atoms with Crippen LogP contribution in [0.15, 0.2) is 59.1 Å². The van der Waals surface area contributed by atoms with E-state index in [2.05, 4.69) is 31.4 Å². The van der Waals surface area contributed by atoms with E-state index in [0.29, 0.717) is 11.4 Å². The van der Waals surface area contributed by atoms with Gasteiger partial charge in [0.1, 0.15) is 0 Å². The largest absolute Gasteiger partial charge is 0.305 e. The molecule has 0 unspecified atom stereocenters.